The molecule has 0 saturated carbocycles. The molecule has 0 spiro atoms. The zero-order chi connectivity index (χ0) is 18.7. The highest BCUT2D eigenvalue weighted by Crippen LogP contribution is 2.15. The SMILES string of the molecule is COC(=O)Cc1cccc(CCCn2c(=O)[nH]c3c(N)nc(C)nc32)c1. The smallest absolute Gasteiger partial charge is 0.327 e. The number of nitrogens with one attached hydrogen (secondary N) is 1. The van der Waals surface area contributed by atoms with E-state index in [2.05, 4.69) is 15.0 Å². The highest BCUT2D eigenvalue weighted by molar-refractivity contribution is 5.81. The van der Waals surface area contributed by atoms with Crippen LogP contribution >= 0.6 is 0 Å². The summed E-state index contributed by atoms with van der Waals surface area (Å²) in [6, 6.07) is 7.80. The number of anilines is 1. The van der Waals surface area contributed by atoms with Gasteiger partial charge in [-0.2, -0.15) is 0 Å². The topological polar surface area (TPSA) is 116 Å². The van der Waals surface area contributed by atoms with Crippen molar-refractivity contribution in [3.63, 3.8) is 0 Å². The van der Waals surface area contributed by atoms with Crippen LogP contribution in [0.25, 0.3) is 11.2 Å². The lowest BCUT2D eigenvalue weighted by Gasteiger charge is -2.06. The number of ether oxygens (including phenoxy) is 1. The first-order chi connectivity index (χ1) is 12.5. The molecule has 2 aromatic heterocycles. The number of H-pyrrole nitrogens is 1. The Bertz CT molecular complexity index is 1010. The maximum atomic E-state index is 12.2. The predicted octanol–water partition coefficient (Wildman–Crippen LogP) is 1.36. The molecule has 0 unspecified atom stereocenters. The summed E-state index contributed by atoms with van der Waals surface area (Å²) >= 11 is 0. The van der Waals surface area contributed by atoms with Crippen molar-refractivity contribution in [3.05, 3.63) is 51.7 Å². The van der Waals surface area contributed by atoms with Gasteiger partial charge in [-0.1, -0.05) is 24.3 Å². The highest BCUT2D eigenvalue weighted by atomic mass is 16.5. The summed E-state index contributed by atoms with van der Waals surface area (Å²) in [4.78, 5) is 34.7. The third-order valence-corrected chi connectivity index (χ3v) is 4.18. The zero-order valence-corrected chi connectivity index (χ0v) is 14.8. The standard InChI is InChI=1S/C18H21N5O3/c1-11-20-16(19)15-17(21-11)23(18(25)22-15)8-4-7-12-5-3-6-13(9-12)10-14(24)26-2/h3,5-6,9H,4,7-8,10H2,1-2H3,(H,22,25)(H2,19,20,21). The summed E-state index contributed by atoms with van der Waals surface area (Å²) in [7, 11) is 1.38. The quantitative estimate of drug-likeness (QED) is 0.645. The molecule has 0 bridgehead atoms. The summed E-state index contributed by atoms with van der Waals surface area (Å²) in [6.07, 6.45) is 1.77. The molecule has 0 aliphatic rings. The number of nitrogen functional groups attached to an aromatic ring is 1. The van der Waals surface area contributed by atoms with Gasteiger partial charge in [0.2, 0.25) is 0 Å². The largest absolute Gasteiger partial charge is 0.469 e. The summed E-state index contributed by atoms with van der Waals surface area (Å²) < 4.78 is 6.28. The van der Waals surface area contributed by atoms with E-state index in [9.17, 15) is 9.59 Å². The number of hydrogen-bond donors (Lipinski definition) is 2. The number of fused-ring (bicyclic) bond motifs is 1. The maximum Gasteiger partial charge on any atom is 0.327 e. The first kappa shape index (κ1) is 17.7. The molecule has 0 fully saturated rings. The number of rotatable bonds is 6. The number of carbonyl (C=O) groups excluding carboxylic acids is 1. The number of hydrogen-bond acceptors (Lipinski definition) is 6. The lowest BCUT2D eigenvalue weighted by atomic mass is 10.0. The number of methoxy groups -OCH3 is 1. The second-order valence-electron chi connectivity index (χ2n) is 6.11. The number of aromatic amines is 1. The molecule has 3 N–H and O–H groups in total. The van der Waals surface area contributed by atoms with Crippen molar-refractivity contribution in [1.82, 2.24) is 19.5 Å². The Kier molecular flexibility index (Phi) is 5.01. The number of nitrogens with zero attached hydrogens (tertiary/aromatic N) is 3. The van der Waals surface area contributed by atoms with E-state index in [1.54, 1.807) is 11.5 Å². The van der Waals surface area contributed by atoms with Gasteiger partial charge < -0.3 is 15.5 Å². The number of imidazole rings is 1. The minimum absolute atomic E-state index is 0.244. The zero-order valence-electron chi connectivity index (χ0n) is 14.8. The molecule has 1 aromatic carbocycles. The van der Waals surface area contributed by atoms with Gasteiger partial charge in [-0.3, -0.25) is 9.36 Å². The van der Waals surface area contributed by atoms with E-state index in [4.69, 9.17) is 10.5 Å². The average molecular weight is 355 g/mol. The third kappa shape index (κ3) is 3.74. The van der Waals surface area contributed by atoms with Crippen LogP contribution in [0.5, 0.6) is 0 Å². The fourth-order valence-electron chi connectivity index (χ4n) is 2.95. The molecule has 26 heavy (non-hydrogen) atoms. The van der Waals surface area contributed by atoms with Gasteiger partial charge in [0, 0.05) is 6.54 Å². The second kappa shape index (κ2) is 7.38. The summed E-state index contributed by atoms with van der Waals surface area (Å²) in [6.45, 7) is 2.25. The lowest BCUT2D eigenvalue weighted by molar-refractivity contribution is -0.139. The second-order valence-corrected chi connectivity index (χ2v) is 6.11. The summed E-state index contributed by atoms with van der Waals surface area (Å²) in [5, 5.41) is 0. The molecule has 0 amide bonds. The van der Waals surface area contributed by atoms with Crippen molar-refractivity contribution in [1.29, 1.82) is 0 Å². The van der Waals surface area contributed by atoms with Crippen molar-refractivity contribution < 1.29 is 9.53 Å². The molecule has 0 aliphatic carbocycles. The molecule has 0 atom stereocenters. The summed E-state index contributed by atoms with van der Waals surface area (Å²) in [5.74, 6) is 0.539. The Hall–Kier alpha value is -3.16. The number of esters is 1. The van der Waals surface area contributed by atoms with Gasteiger partial charge in [0.05, 0.1) is 13.5 Å². The van der Waals surface area contributed by atoms with Gasteiger partial charge in [-0.25, -0.2) is 14.8 Å². The van der Waals surface area contributed by atoms with Crippen LogP contribution in [-0.4, -0.2) is 32.6 Å². The highest BCUT2D eigenvalue weighted by Gasteiger charge is 2.12. The third-order valence-electron chi connectivity index (χ3n) is 4.18. The molecular formula is C18H21N5O3. The van der Waals surface area contributed by atoms with Crippen LogP contribution in [0.2, 0.25) is 0 Å². The molecule has 3 aromatic rings. The van der Waals surface area contributed by atoms with Crippen molar-refractivity contribution in [2.75, 3.05) is 12.8 Å². The predicted molar refractivity (Wildman–Crippen MR) is 97.8 cm³/mol. The van der Waals surface area contributed by atoms with Crippen LogP contribution in [-0.2, 0) is 28.9 Å². The molecule has 0 radical (unpaired) electrons. The van der Waals surface area contributed by atoms with Crippen molar-refractivity contribution in [2.45, 2.75) is 32.7 Å². The van der Waals surface area contributed by atoms with Crippen molar-refractivity contribution >= 4 is 23.0 Å². The van der Waals surface area contributed by atoms with E-state index in [1.165, 1.54) is 7.11 Å². The first-order valence-electron chi connectivity index (χ1n) is 8.35. The monoisotopic (exact) mass is 355 g/mol. The van der Waals surface area contributed by atoms with Crippen LogP contribution in [0.3, 0.4) is 0 Å². The van der Waals surface area contributed by atoms with Crippen LogP contribution in [0.15, 0.2) is 29.1 Å². The molecule has 0 aliphatic heterocycles. The number of aromatic nitrogens is 4. The van der Waals surface area contributed by atoms with Crippen molar-refractivity contribution in [3.8, 4) is 0 Å². The Morgan fingerprint density at radius 3 is 2.85 bits per heavy atom. The fourth-order valence-corrected chi connectivity index (χ4v) is 2.95. The van der Waals surface area contributed by atoms with Gasteiger partial charge in [0.25, 0.3) is 0 Å². The van der Waals surface area contributed by atoms with E-state index < -0.39 is 0 Å². The molecule has 0 saturated heterocycles. The lowest BCUT2D eigenvalue weighted by Crippen LogP contribution is -2.17. The Morgan fingerprint density at radius 1 is 1.31 bits per heavy atom. The van der Waals surface area contributed by atoms with Crippen LogP contribution in [0.1, 0.15) is 23.4 Å². The fraction of sp³-hybridized carbons (Fsp3) is 0.333. The van der Waals surface area contributed by atoms with Gasteiger partial charge in [-0.05, 0) is 30.9 Å². The van der Waals surface area contributed by atoms with E-state index >= 15 is 0 Å². The Labute approximate surface area is 150 Å². The Morgan fingerprint density at radius 2 is 2.08 bits per heavy atom. The molecule has 8 heteroatoms. The van der Waals surface area contributed by atoms with E-state index in [1.807, 2.05) is 24.3 Å². The van der Waals surface area contributed by atoms with E-state index in [-0.39, 0.29) is 23.9 Å². The Balaban J connectivity index is 1.72. The first-order valence-corrected chi connectivity index (χ1v) is 8.35. The number of benzene rings is 1. The molecule has 3 rings (SSSR count). The van der Waals surface area contributed by atoms with E-state index in [0.29, 0.717) is 23.5 Å². The number of aryl methyl sites for hydroxylation is 3. The minimum Gasteiger partial charge on any atom is -0.469 e. The van der Waals surface area contributed by atoms with Gasteiger partial charge in [0.1, 0.15) is 11.3 Å². The summed E-state index contributed by atoms with van der Waals surface area (Å²) in [5.41, 5.74) is 8.62. The van der Waals surface area contributed by atoms with Crippen LogP contribution in [0.4, 0.5) is 5.82 Å². The molecule has 8 nitrogen and oxygen atoms in total. The van der Waals surface area contributed by atoms with Gasteiger partial charge in [-0.15, -0.1) is 0 Å². The molecule has 136 valence electrons. The van der Waals surface area contributed by atoms with Crippen LogP contribution in [0, 0.1) is 6.92 Å². The van der Waals surface area contributed by atoms with Gasteiger partial charge >= 0.3 is 11.7 Å². The minimum atomic E-state index is -0.264. The number of nitrogens with two attached hydrogens (primary N) is 1. The normalized spacial score (nSPS) is 11.0. The maximum absolute atomic E-state index is 12.2. The average Bonchev–Trinajstić information content (AvgIpc) is 2.91. The molecular weight excluding hydrogens is 334 g/mol. The molecule has 2 heterocycles. The van der Waals surface area contributed by atoms with Gasteiger partial charge in [0.15, 0.2) is 11.5 Å². The van der Waals surface area contributed by atoms with E-state index in [0.717, 1.165) is 24.0 Å². The number of carbonyl (C=O) groups is 1. The van der Waals surface area contributed by atoms with Crippen molar-refractivity contribution in [2.24, 2.45) is 0 Å². The van der Waals surface area contributed by atoms with Crippen LogP contribution < -0.4 is 11.4 Å².